The Morgan fingerprint density at radius 2 is 2.40 bits per heavy atom. The fourth-order valence-electron chi connectivity index (χ4n) is 0.779. The van der Waals surface area contributed by atoms with Gasteiger partial charge in [-0.25, -0.2) is 0 Å². The van der Waals surface area contributed by atoms with Crippen molar-refractivity contribution in [2.75, 3.05) is 19.8 Å². The zero-order valence-electron chi connectivity index (χ0n) is 5.92. The normalized spacial score (nSPS) is 21.4. The van der Waals surface area contributed by atoms with Gasteiger partial charge in [0.2, 0.25) is 0 Å². The highest BCUT2D eigenvalue weighted by Gasteiger charge is 2.34. The van der Waals surface area contributed by atoms with Gasteiger partial charge in [-0.2, -0.15) is 0 Å². The van der Waals surface area contributed by atoms with Gasteiger partial charge in [0.1, 0.15) is 6.61 Å². The average Bonchev–Trinajstić information content (AvgIpc) is 1.79. The summed E-state index contributed by atoms with van der Waals surface area (Å²) >= 11 is 0. The molecule has 1 rings (SSSR count). The van der Waals surface area contributed by atoms with E-state index < -0.39 is 5.97 Å². The van der Waals surface area contributed by atoms with Gasteiger partial charge in [-0.3, -0.25) is 4.79 Å². The molecule has 56 valence electrons. The molecule has 0 unspecified atom stereocenters. The van der Waals surface area contributed by atoms with Crippen LogP contribution in [0.2, 0.25) is 0 Å². The van der Waals surface area contributed by atoms with Crippen LogP contribution in [0.25, 0.3) is 0 Å². The second-order valence-corrected chi connectivity index (χ2v) is 2.91. The predicted octanol–water partition coefficient (Wildman–Crippen LogP) is 0.277. The molecule has 0 saturated carbocycles. The lowest BCUT2D eigenvalue weighted by atomic mass is 9.90. The molecule has 1 aliphatic heterocycles. The highest BCUT2D eigenvalue weighted by atomic mass is 16.5. The maximum atomic E-state index is 10.1. The van der Waals surface area contributed by atoms with Crippen molar-refractivity contribution >= 4 is 5.97 Å². The highest BCUT2D eigenvalue weighted by Crippen LogP contribution is 2.26. The number of hydrogen-bond acceptors (Lipinski definition) is 3. The lowest BCUT2D eigenvalue weighted by Crippen LogP contribution is -2.43. The Labute approximate surface area is 60.3 Å². The van der Waals surface area contributed by atoms with Crippen molar-refractivity contribution in [2.24, 2.45) is 5.41 Å². The Balaban J connectivity index is 2.18. The molecule has 0 spiro atoms. The second kappa shape index (κ2) is 2.58. The van der Waals surface area contributed by atoms with Crippen LogP contribution in [0.4, 0.5) is 0 Å². The lowest BCUT2D eigenvalue weighted by Gasteiger charge is -2.36. The summed E-state index contributed by atoms with van der Waals surface area (Å²) in [5.41, 5.74) is 0.00896. The predicted molar refractivity (Wildman–Crippen MR) is 34.2 cm³/mol. The second-order valence-electron chi connectivity index (χ2n) is 2.91. The first-order valence-electron chi connectivity index (χ1n) is 3.12. The number of esters is 1. The van der Waals surface area contributed by atoms with E-state index in [0.717, 1.165) is 0 Å². The maximum Gasteiger partial charge on any atom is 0.310 e. The van der Waals surface area contributed by atoms with Gasteiger partial charge in [0.25, 0.3) is 0 Å². The van der Waals surface area contributed by atoms with E-state index in [4.69, 9.17) is 11.7 Å². The van der Waals surface area contributed by atoms with E-state index >= 15 is 0 Å². The molecule has 1 saturated heterocycles. The maximum absolute atomic E-state index is 10.1. The molecule has 3 heteroatoms. The molecule has 1 aliphatic rings. The molecular formula is C7H10O3. The molecule has 1 heterocycles. The van der Waals surface area contributed by atoms with E-state index in [9.17, 15) is 4.79 Å². The Morgan fingerprint density at radius 3 is 2.70 bits per heavy atom. The molecule has 0 amide bonds. The first-order chi connectivity index (χ1) is 4.62. The summed E-state index contributed by atoms with van der Waals surface area (Å²) in [5.74, 6) is -0.715. The van der Waals surface area contributed by atoms with Crippen LogP contribution >= 0.6 is 0 Å². The van der Waals surface area contributed by atoms with Crippen molar-refractivity contribution in [3.05, 3.63) is 6.92 Å². The lowest BCUT2D eigenvalue weighted by molar-refractivity contribution is -0.160. The van der Waals surface area contributed by atoms with Gasteiger partial charge < -0.3 is 9.47 Å². The fourth-order valence-corrected chi connectivity index (χ4v) is 0.779. The van der Waals surface area contributed by atoms with Gasteiger partial charge in [-0.1, -0.05) is 6.92 Å². The first kappa shape index (κ1) is 7.54. The topological polar surface area (TPSA) is 35.5 Å². The molecule has 0 aromatic heterocycles. The van der Waals surface area contributed by atoms with Gasteiger partial charge >= 0.3 is 5.97 Å². The smallest absolute Gasteiger partial charge is 0.310 e. The van der Waals surface area contributed by atoms with Crippen LogP contribution in [-0.4, -0.2) is 25.8 Å². The zero-order chi connectivity index (χ0) is 7.61. The summed E-state index contributed by atoms with van der Waals surface area (Å²) in [5, 5.41) is 0. The first-order valence-corrected chi connectivity index (χ1v) is 3.12. The average molecular weight is 142 g/mol. The largest absolute Gasteiger partial charge is 0.465 e. The van der Waals surface area contributed by atoms with Crippen molar-refractivity contribution in [2.45, 2.75) is 6.92 Å². The SMILES string of the molecule is [CH]C(=O)OCC1(C)COC1. The quantitative estimate of drug-likeness (QED) is 0.519. The summed E-state index contributed by atoms with van der Waals surface area (Å²) in [7, 11) is 0. The fraction of sp³-hybridized carbons (Fsp3) is 0.714. The van der Waals surface area contributed by atoms with Crippen LogP contribution in [0.3, 0.4) is 0 Å². The number of carbonyl (C=O) groups excluding carboxylic acids is 1. The third-order valence-corrected chi connectivity index (χ3v) is 1.46. The van der Waals surface area contributed by atoms with Gasteiger partial charge in [0.05, 0.1) is 20.1 Å². The molecule has 1 fully saturated rings. The third-order valence-electron chi connectivity index (χ3n) is 1.46. The summed E-state index contributed by atoms with van der Waals surface area (Å²) in [6.45, 7) is 8.43. The zero-order valence-corrected chi connectivity index (χ0v) is 5.92. The van der Waals surface area contributed by atoms with Crippen LogP contribution in [0.1, 0.15) is 6.92 Å². The monoisotopic (exact) mass is 142 g/mol. The van der Waals surface area contributed by atoms with E-state index in [0.29, 0.717) is 19.8 Å². The Hall–Kier alpha value is -0.570. The van der Waals surface area contributed by atoms with E-state index in [2.05, 4.69) is 4.74 Å². The van der Waals surface area contributed by atoms with Crippen molar-refractivity contribution in [3.63, 3.8) is 0 Å². The van der Waals surface area contributed by atoms with Crippen LogP contribution in [-0.2, 0) is 14.3 Å². The van der Waals surface area contributed by atoms with Crippen molar-refractivity contribution in [1.29, 1.82) is 0 Å². The van der Waals surface area contributed by atoms with Gasteiger partial charge in [-0.15, -0.1) is 0 Å². The van der Waals surface area contributed by atoms with E-state index in [1.165, 1.54) is 0 Å². The molecule has 0 N–H and O–H groups in total. The summed E-state index contributed by atoms with van der Waals surface area (Å²) < 4.78 is 9.55. The molecule has 0 atom stereocenters. The Kier molecular flexibility index (Phi) is 1.94. The van der Waals surface area contributed by atoms with E-state index in [-0.39, 0.29) is 5.41 Å². The molecule has 0 aromatic rings. The summed E-state index contributed by atoms with van der Waals surface area (Å²) in [4.78, 5) is 10.1. The molecule has 2 radical (unpaired) electrons. The molecule has 0 aromatic carbocycles. The van der Waals surface area contributed by atoms with Gasteiger partial charge in [-0.05, 0) is 0 Å². The molecular weight excluding hydrogens is 132 g/mol. The standard InChI is InChI=1S/C7H10O3/c1-6(8)10-5-7(2)3-9-4-7/h1H,3-5H2,2H3. The summed E-state index contributed by atoms with van der Waals surface area (Å²) in [6.07, 6.45) is 0. The van der Waals surface area contributed by atoms with Crippen LogP contribution in [0.15, 0.2) is 0 Å². The van der Waals surface area contributed by atoms with Crippen molar-refractivity contribution < 1.29 is 14.3 Å². The molecule has 3 nitrogen and oxygen atoms in total. The number of carbonyl (C=O) groups is 1. The van der Waals surface area contributed by atoms with E-state index in [1.54, 1.807) is 0 Å². The molecule has 10 heavy (non-hydrogen) atoms. The molecule has 0 aliphatic carbocycles. The number of hydrogen-bond donors (Lipinski definition) is 0. The van der Waals surface area contributed by atoms with Gasteiger partial charge in [0, 0.05) is 5.41 Å². The minimum atomic E-state index is -0.715. The van der Waals surface area contributed by atoms with Crippen LogP contribution in [0, 0.1) is 12.3 Å². The number of ether oxygens (including phenoxy) is 2. The Bertz CT molecular complexity index is 138. The third kappa shape index (κ3) is 1.70. The minimum absolute atomic E-state index is 0.00896. The minimum Gasteiger partial charge on any atom is -0.465 e. The van der Waals surface area contributed by atoms with Crippen molar-refractivity contribution in [1.82, 2.24) is 0 Å². The Morgan fingerprint density at radius 1 is 1.80 bits per heavy atom. The van der Waals surface area contributed by atoms with E-state index in [1.807, 2.05) is 6.92 Å². The molecule has 0 bridgehead atoms. The summed E-state index contributed by atoms with van der Waals surface area (Å²) in [6, 6.07) is 0. The van der Waals surface area contributed by atoms with Crippen LogP contribution in [0.5, 0.6) is 0 Å². The van der Waals surface area contributed by atoms with Crippen LogP contribution < -0.4 is 0 Å². The van der Waals surface area contributed by atoms with Crippen molar-refractivity contribution in [3.8, 4) is 0 Å². The number of rotatable bonds is 2. The van der Waals surface area contributed by atoms with Gasteiger partial charge in [0.15, 0.2) is 0 Å². The highest BCUT2D eigenvalue weighted by molar-refractivity contribution is 5.73.